The van der Waals surface area contributed by atoms with Crippen LogP contribution in [0.1, 0.15) is 20.8 Å². The van der Waals surface area contributed by atoms with E-state index in [1.54, 1.807) is 17.2 Å². The number of rotatable bonds is 1. The number of fused-ring (bicyclic) bond motifs is 1. The zero-order valence-electron chi connectivity index (χ0n) is 13.9. The minimum Gasteiger partial charge on any atom is -0.444 e. The van der Waals surface area contributed by atoms with Gasteiger partial charge in [-0.3, -0.25) is 0 Å². The predicted molar refractivity (Wildman–Crippen MR) is 87.3 cm³/mol. The largest absolute Gasteiger partial charge is 0.444 e. The van der Waals surface area contributed by atoms with Gasteiger partial charge in [-0.05, 0) is 32.9 Å². The summed E-state index contributed by atoms with van der Waals surface area (Å²) in [6, 6.07) is 3.86. The van der Waals surface area contributed by atoms with Crippen LogP contribution in [-0.4, -0.2) is 60.0 Å². The molecule has 0 spiro atoms. The van der Waals surface area contributed by atoms with Crippen molar-refractivity contribution in [3.05, 3.63) is 18.3 Å². The quantitative estimate of drug-likeness (QED) is 0.844. The highest BCUT2D eigenvalue weighted by atomic mass is 16.6. The molecule has 3 heterocycles. The lowest BCUT2D eigenvalue weighted by Crippen LogP contribution is -2.51. The van der Waals surface area contributed by atoms with E-state index in [0.29, 0.717) is 25.5 Å². The molecule has 1 aromatic heterocycles. The van der Waals surface area contributed by atoms with Crippen molar-refractivity contribution >= 4 is 17.6 Å². The molecule has 2 N–H and O–H groups in total. The number of pyridine rings is 1. The molecule has 1 aromatic rings. The summed E-state index contributed by atoms with van der Waals surface area (Å²) in [5.74, 6) is 0.500. The van der Waals surface area contributed by atoms with Gasteiger partial charge in [0.15, 0.2) is 0 Å². The fraction of sp³-hybridized carbons (Fsp3) is 0.625. The summed E-state index contributed by atoms with van der Waals surface area (Å²) in [5.41, 5.74) is 6.17. The molecule has 2 atom stereocenters. The normalized spacial score (nSPS) is 24.5. The molecule has 0 bridgehead atoms. The van der Waals surface area contributed by atoms with Crippen LogP contribution in [0, 0.1) is 0 Å². The number of hydrogen-bond acceptors (Lipinski definition) is 6. The molecule has 2 fully saturated rings. The third-order valence-corrected chi connectivity index (χ3v) is 4.06. The van der Waals surface area contributed by atoms with Gasteiger partial charge < -0.3 is 25.0 Å². The summed E-state index contributed by atoms with van der Waals surface area (Å²) in [6.45, 7) is 8.16. The molecule has 1 amide bonds. The van der Waals surface area contributed by atoms with E-state index in [9.17, 15) is 4.79 Å². The van der Waals surface area contributed by atoms with Crippen molar-refractivity contribution in [3.63, 3.8) is 0 Å². The van der Waals surface area contributed by atoms with Crippen LogP contribution in [0.3, 0.4) is 0 Å². The number of likely N-dealkylation sites (tertiary alicyclic amines) is 1. The van der Waals surface area contributed by atoms with E-state index in [1.807, 2.05) is 26.8 Å². The number of amides is 1. The molecule has 3 rings (SSSR count). The van der Waals surface area contributed by atoms with Gasteiger partial charge in [0.05, 0.1) is 37.2 Å². The van der Waals surface area contributed by atoms with Gasteiger partial charge in [0.1, 0.15) is 11.4 Å². The number of nitrogens with zero attached hydrogens (tertiary/aromatic N) is 3. The highest BCUT2D eigenvalue weighted by Gasteiger charge is 2.43. The Hall–Kier alpha value is -2.02. The third-order valence-electron chi connectivity index (χ3n) is 4.06. The first-order valence-corrected chi connectivity index (χ1v) is 7.91. The summed E-state index contributed by atoms with van der Waals surface area (Å²) in [4.78, 5) is 20.4. The zero-order valence-corrected chi connectivity index (χ0v) is 13.9. The third kappa shape index (κ3) is 3.50. The van der Waals surface area contributed by atoms with Gasteiger partial charge in [0.2, 0.25) is 0 Å². The average Bonchev–Trinajstić information content (AvgIpc) is 2.90. The van der Waals surface area contributed by atoms with Crippen LogP contribution in [-0.2, 0) is 9.47 Å². The van der Waals surface area contributed by atoms with E-state index in [4.69, 9.17) is 15.2 Å². The van der Waals surface area contributed by atoms with Gasteiger partial charge >= 0.3 is 6.09 Å². The van der Waals surface area contributed by atoms with Crippen LogP contribution in [0.5, 0.6) is 0 Å². The number of anilines is 2. The molecule has 7 nitrogen and oxygen atoms in total. The molecular formula is C16H24N4O3. The second-order valence-corrected chi connectivity index (χ2v) is 7.00. The second-order valence-electron chi connectivity index (χ2n) is 7.00. The Morgan fingerprint density at radius 2 is 2.17 bits per heavy atom. The molecule has 0 aliphatic carbocycles. The van der Waals surface area contributed by atoms with E-state index in [2.05, 4.69) is 9.88 Å². The summed E-state index contributed by atoms with van der Waals surface area (Å²) >= 11 is 0. The molecule has 2 aliphatic heterocycles. The standard InChI is InChI=1S/C16H24N4O3/c1-16(2,3)23-15(21)19-9-12-13(10-19)22-7-6-20(12)11-4-5-14(17)18-8-11/h4-5,8,12-13H,6-7,9-10H2,1-3H3,(H2,17,18)/t12?,13-/m0/s1. The Bertz CT molecular complexity index is 570. The molecule has 126 valence electrons. The van der Waals surface area contributed by atoms with Gasteiger partial charge in [-0.15, -0.1) is 0 Å². The smallest absolute Gasteiger partial charge is 0.410 e. The molecular weight excluding hydrogens is 296 g/mol. The van der Waals surface area contributed by atoms with Crippen molar-refractivity contribution in [1.82, 2.24) is 9.88 Å². The topological polar surface area (TPSA) is 80.9 Å². The van der Waals surface area contributed by atoms with Crippen LogP contribution in [0.4, 0.5) is 16.3 Å². The molecule has 2 aliphatic rings. The van der Waals surface area contributed by atoms with E-state index >= 15 is 0 Å². The van der Waals surface area contributed by atoms with Gasteiger partial charge in [0, 0.05) is 13.1 Å². The zero-order chi connectivity index (χ0) is 16.6. The Kier molecular flexibility index (Phi) is 4.06. The predicted octanol–water partition coefficient (Wildman–Crippen LogP) is 1.49. The summed E-state index contributed by atoms with van der Waals surface area (Å²) < 4.78 is 11.3. The first-order chi connectivity index (χ1) is 10.8. The van der Waals surface area contributed by atoms with Gasteiger partial charge in [-0.25, -0.2) is 9.78 Å². The lowest BCUT2D eigenvalue weighted by atomic mass is 10.1. The lowest BCUT2D eigenvalue weighted by Gasteiger charge is -2.38. The monoisotopic (exact) mass is 320 g/mol. The van der Waals surface area contributed by atoms with Crippen LogP contribution >= 0.6 is 0 Å². The van der Waals surface area contributed by atoms with Crippen LogP contribution < -0.4 is 10.6 Å². The maximum Gasteiger partial charge on any atom is 0.410 e. The summed E-state index contributed by atoms with van der Waals surface area (Å²) in [6.07, 6.45) is 1.48. The number of carbonyl (C=O) groups is 1. The molecule has 2 saturated heterocycles. The lowest BCUT2D eigenvalue weighted by molar-refractivity contribution is 0.0163. The molecule has 7 heteroatoms. The number of nitrogen functional groups attached to an aromatic ring is 1. The molecule has 0 radical (unpaired) electrons. The Labute approximate surface area is 136 Å². The van der Waals surface area contributed by atoms with Crippen molar-refractivity contribution in [2.75, 3.05) is 36.9 Å². The Morgan fingerprint density at radius 1 is 1.39 bits per heavy atom. The highest BCUT2D eigenvalue weighted by molar-refractivity contribution is 5.69. The summed E-state index contributed by atoms with van der Waals surface area (Å²) in [5, 5.41) is 0. The van der Waals surface area contributed by atoms with Crippen LogP contribution in [0.25, 0.3) is 0 Å². The maximum absolute atomic E-state index is 12.3. The SMILES string of the molecule is CC(C)(C)OC(=O)N1CC2[C@H](C1)OCCN2c1ccc(N)nc1. The van der Waals surface area contributed by atoms with E-state index < -0.39 is 5.60 Å². The minimum atomic E-state index is -0.494. The number of ether oxygens (including phenoxy) is 2. The molecule has 1 unspecified atom stereocenters. The first-order valence-electron chi connectivity index (χ1n) is 7.91. The van der Waals surface area contributed by atoms with Crippen molar-refractivity contribution in [3.8, 4) is 0 Å². The van der Waals surface area contributed by atoms with Crippen molar-refractivity contribution < 1.29 is 14.3 Å². The van der Waals surface area contributed by atoms with Crippen molar-refractivity contribution in [1.29, 1.82) is 0 Å². The maximum atomic E-state index is 12.3. The minimum absolute atomic E-state index is 0.00572. The summed E-state index contributed by atoms with van der Waals surface area (Å²) in [7, 11) is 0. The van der Waals surface area contributed by atoms with Crippen molar-refractivity contribution in [2.45, 2.75) is 38.5 Å². The number of morpholine rings is 1. The number of nitrogens with two attached hydrogens (primary N) is 1. The second kappa shape index (κ2) is 5.88. The van der Waals surface area contributed by atoms with E-state index in [1.165, 1.54) is 0 Å². The number of aromatic nitrogens is 1. The van der Waals surface area contributed by atoms with Gasteiger partial charge in [-0.2, -0.15) is 0 Å². The Balaban J connectivity index is 1.72. The molecule has 23 heavy (non-hydrogen) atoms. The van der Waals surface area contributed by atoms with Crippen molar-refractivity contribution in [2.24, 2.45) is 0 Å². The Morgan fingerprint density at radius 3 is 2.83 bits per heavy atom. The van der Waals surface area contributed by atoms with Crippen LogP contribution in [0.15, 0.2) is 18.3 Å². The molecule has 0 saturated carbocycles. The van der Waals surface area contributed by atoms with E-state index in [0.717, 1.165) is 12.2 Å². The van der Waals surface area contributed by atoms with Gasteiger partial charge in [0.25, 0.3) is 0 Å². The number of hydrogen-bond donors (Lipinski definition) is 1. The van der Waals surface area contributed by atoms with Crippen LogP contribution in [0.2, 0.25) is 0 Å². The fourth-order valence-electron chi connectivity index (χ4n) is 3.05. The van der Waals surface area contributed by atoms with Gasteiger partial charge in [-0.1, -0.05) is 0 Å². The van der Waals surface area contributed by atoms with E-state index in [-0.39, 0.29) is 18.2 Å². The fourth-order valence-corrected chi connectivity index (χ4v) is 3.05. The highest BCUT2D eigenvalue weighted by Crippen LogP contribution is 2.28. The molecule has 0 aromatic carbocycles. The first kappa shape index (κ1) is 15.9. The average molecular weight is 320 g/mol. The number of carbonyl (C=O) groups excluding carboxylic acids is 1.